The molecule has 3 aliphatic carbocycles. The second kappa shape index (κ2) is 19.0. The molecule has 2 saturated carbocycles. The van der Waals surface area contributed by atoms with E-state index in [1.807, 2.05) is 0 Å². The van der Waals surface area contributed by atoms with E-state index >= 15 is 4.79 Å². The molecule has 0 radical (unpaired) electrons. The third-order valence-electron chi connectivity index (χ3n) is 14.0. The number of rotatable bonds is 13. The van der Waals surface area contributed by atoms with Gasteiger partial charge in [0.2, 0.25) is 0 Å². The van der Waals surface area contributed by atoms with Gasteiger partial charge < -0.3 is 44.0 Å². The highest BCUT2D eigenvalue weighted by atomic mass is 32.2. The molecular weight excluding hydrogens is 887 g/mol. The number of thioether (sulfide) groups is 1. The Bertz CT molecular complexity index is 2450. The van der Waals surface area contributed by atoms with Gasteiger partial charge in [0.1, 0.15) is 30.0 Å². The van der Waals surface area contributed by atoms with Crippen LogP contribution >= 0.6 is 11.8 Å². The SMILES string of the molecule is CSCC(=O)O[C@H]1C[C@H]2OC[C@@]2(OC(C)=O)[C@H]2[C@H](OC(=O)c3ccccc3)[C@]3(O)C[C@H](OC(=O)[C@H](O)[C@@H](NC(=O)c4ccccc4)c4ccccc4)C(C)=C([C@@H](OC(C)=O)C(=O)[C@]12C)C3(C)C. The maximum absolute atomic E-state index is 16.0. The molecular formula is C50H55NO15S. The first kappa shape index (κ1) is 49.0. The van der Waals surface area contributed by atoms with Crippen molar-refractivity contribution in [2.45, 2.75) is 108 Å². The van der Waals surface area contributed by atoms with Gasteiger partial charge in [-0.2, -0.15) is 11.8 Å². The Morgan fingerprint density at radius 3 is 1.99 bits per heavy atom. The number of nitrogens with one attached hydrogen (secondary N) is 1. The second-order valence-electron chi connectivity index (χ2n) is 18.2. The van der Waals surface area contributed by atoms with Gasteiger partial charge in [-0.05, 0) is 61.1 Å². The summed E-state index contributed by atoms with van der Waals surface area (Å²) in [6.45, 7) is 7.99. The van der Waals surface area contributed by atoms with Gasteiger partial charge in [-0.25, -0.2) is 9.59 Å². The average Bonchev–Trinajstić information content (AvgIpc) is 3.29. The number of benzene rings is 3. The van der Waals surface area contributed by atoms with Gasteiger partial charge in [-0.1, -0.05) is 80.6 Å². The molecule has 2 bridgehead atoms. The van der Waals surface area contributed by atoms with Crippen LogP contribution in [0, 0.1) is 16.7 Å². The van der Waals surface area contributed by atoms with Crippen molar-refractivity contribution in [1.82, 2.24) is 5.32 Å². The van der Waals surface area contributed by atoms with Crippen molar-refractivity contribution in [2.24, 2.45) is 16.7 Å². The van der Waals surface area contributed by atoms with Gasteiger partial charge in [0, 0.05) is 37.7 Å². The molecule has 3 N–H and O–H groups in total. The fraction of sp³-hybridized carbons (Fsp3) is 0.460. The Morgan fingerprint density at radius 1 is 0.836 bits per heavy atom. The number of ketones is 1. The van der Waals surface area contributed by atoms with Crippen LogP contribution in [0.2, 0.25) is 0 Å². The van der Waals surface area contributed by atoms with Gasteiger partial charge in [0.25, 0.3) is 5.91 Å². The third-order valence-corrected chi connectivity index (χ3v) is 14.5. The van der Waals surface area contributed by atoms with E-state index in [4.69, 9.17) is 28.4 Å². The summed E-state index contributed by atoms with van der Waals surface area (Å²) >= 11 is 1.17. The lowest BCUT2D eigenvalue weighted by atomic mass is 9.44. The molecule has 0 spiro atoms. The quantitative estimate of drug-likeness (QED) is 0.120. The smallest absolute Gasteiger partial charge is 0.338 e. The van der Waals surface area contributed by atoms with Gasteiger partial charge in [0.05, 0.1) is 35.3 Å². The number of fused-ring (bicyclic) bond motifs is 5. The normalized spacial score (nSPS) is 30.3. The molecule has 17 heteroatoms. The summed E-state index contributed by atoms with van der Waals surface area (Å²) in [5, 5.41) is 28.5. The van der Waals surface area contributed by atoms with Crippen LogP contribution in [0.3, 0.4) is 0 Å². The lowest BCUT2D eigenvalue weighted by Gasteiger charge is -2.67. The van der Waals surface area contributed by atoms with Crippen LogP contribution in [0.1, 0.15) is 86.7 Å². The number of carbonyl (C=O) groups excluding carboxylic acids is 7. The molecule has 1 amide bonds. The van der Waals surface area contributed by atoms with Crippen LogP contribution in [0.15, 0.2) is 102 Å². The van der Waals surface area contributed by atoms with Crippen LogP contribution < -0.4 is 5.32 Å². The number of amides is 1. The molecule has 3 aromatic rings. The van der Waals surface area contributed by atoms with E-state index in [0.29, 0.717) is 5.56 Å². The number of aliphatic hydroxyl groups excluding tert-OH is 1. The van der Waals surface area contributed by atoms with Crippen molar-refractivity contribution in [2.75, 3.05) is 18.6 Å². The van der Waals surface area contributed by atoms with Crippen LogP contribution in [-0.4, -0.2) is 118 Å². The molecule has 0 unspecified atom stereocenters. The minimum absolute atomic E-state index is 0.0196. The molecule has 1 saturated heterocycles. The first-order valence-electron chi connectivity index (χ1n) is 21.9. The topological polar surface area (TPSA) is 227 Å². The fourth-order valence-electron chi connectivity index (χ4n) is 10.6. The Balaban J connectivity index is 1.42. The maximum atomic E-state index is 16.0. The predicted octanol–water partition coefficient (Wildman–Crippen LogP) is 4.65. The van der Waals surface area contributed by atoms with Gasteiger partial charge in [-0.15, -0.1) is 0 Å². The van der Waals surface area contributed by atoms with E-state index in [9.17, 15) is 39.0 Å². The number of hydrogen-bond acceptors (Lipinski definition) is 16. The Hall–Kier alpha value is -5.88. The van der Waals surface area contributed by atoms with Crippen LogP contribution in [0.5, 0.6) is 0 Å². The van der Waals surface area contributed by atoms with Gasteiger partial charge >= 0.3 is 29.8 Å². The Morgan fingerprint density at radius 2 is 1.43 bits per heavy atom. The van der Waals surface area contributed by atoms with Crippen molar-refractivity contribution < 1.29 is 72.2 Å². The minimum Gasteiger partial charge on any atom is -0.461 e. The molecule has 1 aliphatic heterocycles. The van der Waals surface area contributed by atoms with Crippen LogP contribution in [0.4, 0.5) is 0 Å². The zero-order valence-electron chi connectivity index (χ0n) is 38.2. The monoisotopic (exact) mass is 941 g/mol. The summed E-state index contributed by atoms with van der Waals surface area (Å²) in [5.41, 5.74) is -7.25. The van der Waals surface area contributed by atoms with E-state index in [-0.39, 0.29) is 41.1 Å². The highest BCUT2D eigenvalue weighted by Gasteiger charge is 2.79. The van der Waals surface area contributed by atoms with Crippen molar-refractivity contribution in [1.29, 1.82) is 0 Å². The highest BCUT2D eigenvalue weighted by Crippen LogP contribution is 2.65. The highest BCUT2D eigenvalue weighted by molar-refractivity contribution is 7.99. The van der Waals surface area contributed by atoms with Crippen molar-refractivity contribution in [3.63, 3.8) is 0 Å². The Labute approximate surface area is 392 Å². The minimum atomic E-state index is -2.44. The lowest BCUT2D eigenvalue weighted by molar-refractivity contribution is -0.346. The third kappa shape index (κ3) is 8.78. The number of aliphatic hydroxyl groups is 2. The summed E-state index contributed by atoms with van der Waals surface area (Å²) in [6.07, 6.45) is -8.82. The number of ether oxygens (including phenoxy) is 6. The molecule has 4 aliphatic rings. The summed E-state index contributed by atoms with van der Waals surface area (Å²) < 4.78 is 37.0. The zero-order valence-corrected chi connectivity index (χ0v) is 39.0. The standard InChI is InChI=1S/C50H55NO15S/c1-27-33(63-46(59)39(55)38(30-17-11-8-12-18-30)51-44(57)31-19-13-9-14-20-31)24-50(60)43(65-45(58)32-21-15-10-16-22-32)41-48(6,42(56)40(62-28(2)52)37(27)47(50,4)5)34(64-36(54)25-67-7)23-35-49(41,26-61-35)66-29(3)53/h8-22,33-35,38-41,43,55,60H,23-26H2,1-7H3,(H,51,57)/t33-,34-,35+,38-,39+,40+,41-,43-,48+,49-,50+/m0/s1. The first-order valence-corrected chi connectivity index (χ1v) is 23.3. The van der Waals surface area contributed by atoms with E-state index in [2.05, 4.69) is 5.32 Å². The molecule has 356 valence electrons. The van der Waals surface area contributed by atoms with Crippen molar-refractivity contribution in [3.8, 4) is 0 Å². The second-order valence-corrected chi connectivity index (χ2v) is 19.1. The van der Waals surface area contributed by atoms with Crippen LogP contribution in [0.25, 0.3) is 0 Å². The molecule has 1 heterocycles. The predicted molar refractivity (Wildman–Crippen MR) is 240 cm³/mol. The molecule has 67 heavy (non-hydrogen) atoms. The largest absolute Gasteiger partial charge is 0.461 e. The summed E-state index contributed by atoms with van der Waals surface area (Å²) in [6, 6.07) is 22.9. The number of Topliss-reactive ketones (excluding diaryl/α,β-unsaturated/α-hetero) is 1. The number of carbonyl (C=O) groups is 7. The maximum Gasteiger partial charge on any atom is 0.338 e. The molecule has 11 atom stereocenters. The lowest BCUT2D eigenvalue weighted by Crippen LogP contribution is -2.82. The molecule has 16 nitrogen and oxygen atoms in total. The summed E-state index contributed by atoms with van der Waals surface area (Å²) in [7, 11) is 0. The molecule has 3 fully saturated rings. The van der Waals surface area contributed by atoms with Crippen LogP contribution in [-0.2, 0) is 52.4 Å². The Kier molecular flexibility index (Phi) is 13.9. The number of esters is 5. The van der Waals surface area contributed by atoms with Crippen molar-refractivity contribution in [3.05, 3.63) is 119 Å². The zero-order chi connectivity index (χ0) is 48.6. The average molecular weight is 942 g/mol. The van der Waals surface area contributed by atoms with E-state index in [1.165, 1.54) is 37.7 Å². The number of hydrogen-bond donors (Lipinski definition) is 3. The molecule has 7 rings (SSSR count). The van der Waals surface area contributed by atoms with E-state index < -0.39 is 119 Å². The van der Waals surface area contributed by atoms with Gasteiger partial charge in [0.15, 0.2) is 23.6 Å². The first-order chi connectivity index (χ1) is 31.7. The summed E-state index contributed by atoms with van der Waals surface area (Å²) in [4.78, 5) is 98.3. The fourth-order valence-corrected chi connectivity index (χ4v) is 10.9. The van der Waals surface area contributed by atoms with Gasteiger partial charge in [-0.3, -0.25) is 24.0 Å². The van der Waals surface area contributed by atoms with E-state index in [0.717, 1.165) is 13.8 Å². The molecule has 0 aromatic heterocycles. The molecule has 3 aromatic carbocycles. The summed E-state index contributed by atoms with van der Waals surface area (Å²) in [5.74, 6) is -7.78. The van der Waals surface area contributed by atoms with E-state index in [1.54, 1.807) is 99.0 Å². The van der Waals surface area contributed by atoms with Crippen molar-refractivity contribution >= 4 is 53.3 Å².